The van der Waals surface area contributed by atoms with Gasteiger partial charge in [-0.25, -0.2) is 9.37 Å². The largest absolute Gasteiger partial charge is 0.481 e. The molecule has 1 saturated heterocycles. The Bertz CT molecular complexity index is 840. The van der Waals surface area contributed by atoms with E-state index < -0.39 is 35.0 Å². The number of piperidine rings is 1. The monoisotopic (exact) mass is 398 g/mol. The van der Waals surface area contributed by atoms with Gasteiger partial charge in [0.25, 0.3) is 0 Å². The molecule has 0 saturated carbocycles. The maximum Gasteiger partial charge on any atom is 0.417 e. The van der Waals surface area contributed by atoms with E-state index in [0.717, 1.165) is 6.07 Å². The average Bonchev–Trinajstić information content (AvgIpc) is 2.64. The fourth-order valence-corrected chi connectivity index (χ4v) is 3.44. The minimum Gasteiger partial charge on any atom is -0.481 e. The highest BCUT2D eigenvalue weighted by Gasteiger charge is 2.49. The van der Waals surface area contributed by atoms with Crippen molar-refractivity contribution in [3.8, 4) is 0 Å². The van der Waals surface area contributed by atoms with Gasteiger partial charge in [0.15, 0.2) is 0 Å². The first-order valence-corrected chi connectivity index (χ1v) is 8.56. The van der Waals surface area contributed by atoms with E-state index in [0.29, 0.717) is 11.8 Å². The van der Waals surface area contributed by atoms with Crippen LogP contribution in [0.4, 0.5) is 23.4 Å². The predicted octanol–water partition coefficient (Wildman–Crippen LogP) is 3.12. The number of nitrogens with zero attached hydrogens (tertiary/aromatic N) is 2. The van der Waals surface area contributed by atoms with Crippen molar-refractivity contribution < 1.29 is 32.6 Å². The van der Waals surface area contributed by atoms with E-state index in [1.807, 2.05) is 0 Å². The summed E-state index contributed by atoms with van der Waals surface area (Å²) in [5.74, 6) is -1.50. The van der Waals surface area contributed by atoms with Gasteiger partial charge in [-0.2, -0.15) is 13.2 Å². The van der Waals surface area contributed by atoms with Crippen molar-refractivity contribution in [1.82, 2.24) is 4.98 Å². The van der Waals surface area contributed by atoms with Gasteiger partial charge < -0.3 is 15.1 Å². The molecule has 28 heavy (non-hydrogen) atoms. The normalized spacial score (nSPS) is 22.9. The molecule has 3 rings (SSSR count). The number of aromatic nitrogens is 1. The summed E-state index contributed by atoms with van der Waals surface area (Å²) in [7, 11) is 0. The molecule has 0 radical (unpaired) electrons. The molecule has 5 nitrogen and oxygen atoms in total. The molecule has 1 aliphatic heterocycles. The third-order valence-electron chi connectivity index (χ3n) is 5.04. The predicted molar refractivity (Wildman–Crippen MR) is 92.2 cm³/mol. The molecule has 150 valence electrons. The molecule has 1 aromatic carbocycles. The third-order valence-corrected chi connectivity index (χ3v) is 5.04. The van der Waals surface area contributed by atoms with Crippen molar-refractivity contribution in [3.05, 3.63) is 59.5 Å². The van der Waals surface area contributed by atoms with Crippen molar-refractivity contribution in [2.45, 2.75) is 25.1 Å². The molecule has 9 heteroatoms. The number of alkyl halides is 3. The molecule has 1 aliphatic rings. The van der Waals surface area contributed by atoms with Crippen LogP contribution in [0, 0.1) is 11.2 Å². The summed E-state index contributed by atoms with van der Waals surface area (Å²) < 4.78 is 51.3. The molecule has 0 amide bonds. The summed E-state index contributed by atoms with van der Waals surface area (Å²) in [6, 6.07) is 7.37. The first kappa shape index (κ1) is 20.1. The molecular weight excluding hydrogens is 380 g/mol. The van der Waals surface area contributed by atoms with Gasteiger partial charge in [-0.3, -0.25) is 4.79 Å². The number of carboxylic acid groups (broad SMARTS) is 1. The van der Waals surface area contributed by atoms with Crippen LogP contribution in [0.2, 0.25) is 0 Å². The Hall–Kier alpha value is -2.68. The highest BCUT2D eigenvalue weighted by molar-refractivity contribution is 5.77. The number of pyridine rings is 1. The van der Waals surface area contributed by atoms with Crippen molar-refractivity contribution in [2.75, 3.05) is 18.0 Å². The number of aliphatic hydroxyl groups is 1. The number of hydrogen-bond acceptors (Lipinski definition) is 4. The Morgan fingerprint density at radius 3 is 2.43 bits per heavy atom. The molecule has 1 aromatic heterocycles. The van der Waals surface area contributed by atoms with Gasteiger partial charge >= 0.3 is 12.1 Å². The number of aliphatic carboxylic acids is 1. The molecule has 2 heterocycles. The maximum absolute atomic E-state index is 13.1. The van der Waals surface area contributed by atoms with Gasteiger partial charge in [-0.1, -0.05) is 12.1 Å². The highest BCUT2D eigenvalue weighted by atomic mass is 19.4. The van der Waals surface area contributed by atoms with Crippen LogP contribution in [0.5, 0.6) is 0 Å². The molecule has 0 bridgehead atoms. The van der Waals surface area contributed by atoms with Crippen molar-refractivity contribution in [2.24, 2.45) is 5.41 Å². The standard InChI is InChI=1S/C19H18F4N2O3/c20-14-4-1-12(2-5-14)9-18(17(27)28)11-25(8-7-15(18)26)16-6-3-13(10-24-16)19(21,22)23/h1-6,10,15,26H,7-9,11H2,(H,27,28)/t15-,18+/m0/s1. The zero-order valence-corrected chi connectivity index (χ0v) is 14.7. The highest BCUT2D eigenvalue weighted by Crippen LogP contribution is 2.37. The number of benzene rings is 1. The van der Waals surface area contributed by atoms with Gasteiger partial charge in [0.05, 0.1) is 11.7 Å². The van der Waals surface area contributed by atoms with Crippen molar-refractivity contribution in [1.29, 1.82) is 0 Å². The molecule has 0 unspecified atom stereocenters. The Morgan fingerprint density at radius 2 is 1.89 bits per heavy atom. The lowest BCUT2D eigenvalue weighted by molar-refractivity contribution is -0.157. The van der Waals surface area contributed by atoms with Crippen LogP contribution in [0.15, 0.2) is 42.6 Å². The average molecular weight is 398 g/mol. The van der Waals surface area contributed by atoms with E-state index in [1.54, 1.807) is 4.90 Å². The number of hydrogen-bond donors (Lipinski definition) is 2. The number of rotatable bonds is 4. The first-order valence-electron chi connectivity index (χ1n) is 8.56. The van der Waals surface area contributed by atoms with Crippen LogP contribution in [0.3, 0.4) is 0 Å². The number of anilines is 1. The number of halogens is 4. The van der Waals surface area contributed by atoms with Crippen LogP contribution < -0.4 is 4.90 Å². The fraction of sp³-hybridized carbons (Fsp3) is 0.368. The molecule has 1 fully saturated rings. The lowest BCUT2D eigenvalue weighted by Crippen LogP contribution is -2.57. The van der Waals surface area contributed by atoms with E-state index in [4.69, 9.17) is 0 Å². The number of carbonyl (C=O) groups is 1. The fourth-order valence-electron chi connectivity index (χ4n) is 3.44. The van der Waals surface area contributed by atoms with Gasteiger partial charge in [-0.15, -0.1) is 0 Å². The van der Waals surface area contributed by atoms with Crippen LogP contribution in [0.1, 0.15) is 17.5 Å². The van der Waals surface area contributed by atoms with Gasteiger partial charge in [0.1, 0.15) is 17.1 Å². The van der Waals surface area contributed by atoms with Gasteiger partial charge in [0.2, 0.25) is 0 Å². The summed E-state index contributed by atoms with van der Waals surface area (Å²) >= 11 is 0. The van der Waals surface area contributed by atoms with Gasteiger partial charge in [0, 0.05) is 19.3 Å². The van der Waals surface area contributed by atoms with E-state index in [9.17, 15) is 32.6 Å². The van der Waals surface area contributed by atoms with Gasteiger partial charge in [-0.05, 0) is 42.7 Å². The Kier molecular flexibility index (Phi) is 5.29. The minimum atomic E-state index is -4.52. The number of carboxylic acids is 1. The molecule has 0 aliphatic carbocycles. The van der Waals surface area contributed by atoms with E-state index in [1.165, 1.54) is 30.3 Å². The maximum atomic E-state index is 13.1. The summed E-state index contributed by atoms with van der Waals surface area (Å²) in [5, 5.41) is 20.3. The topological polar surface area (TPSA) is 73.7 Å². The lowest BCUT2D eigenvalue weighted by atomic mass is 9.73. The Balaban J connectivity index is 1.88. The van der Waals surface area contributed by atoms with Crippen LogP contribution in [0.25, 0.3) is 0 Å². The van der Waals surface area contributed by atoms with Crippen LogP contribution in [-0.4, -0.2) is 40.4 Å². The minimum absolute atomic E-state index is 0.0546. The van der Waals surface area contributed by atoms with E-state index >= 15 is 0 Å². The molecule has 2 aromatic rings. The quantitative estimate of drug-likeness (QED) is 0.775. The van der Waals surface area contributed by atoms with Crippen LogP contribution >= 0.6 is 0 Å². The summed E-state index contributed by atoms with van der Waals surface area (Å²) in [4.78, 5) is 17.5. The van der Waals surface area contributed by atoms with Crippen LogP contribution in [-0.2, 0) is 17.4 Å². The Labute approximate surface area is 158 Å². The summed E-state index contributed by atoms with van der Waals surface area (Å²) in [6.45, 7) is 0.108. The molecule has 2 N–H and O–H groups in total. The second-order valence-electron chi connectivity index (χ2n) is 6.89. The zero-order valence-electron chi connectivity index (χ0n) is 14.7. The summed E-state index contributed by atoms with van der Waals surface area (Å²) in [5.41, 5.74) is -1.96. The molecule has 2 atom stereocenters. The molecule has 0 spiro atoms. The second kappa shape index (κ2) is 7.38. The Morgan fingerprint density at radius 1 is 1.21 bits per heavy atom. The van der Waals surface area contributed by atoms with E-state index in [-0.39, 0.29) is 31.7 Å². The first-order chi connectivity index (χ1) is 13.1. The summed E-state index contributed by atoms with van der Waals surface area (Å²) in [6.07, 6.45) is -4.93. The second-order valence-corrected chi connectivity index (χ2v) is 6.89. The molecular formula is C19H18F4N2O3. The van der Waals surface area contributed by atoms with Crippen molar-refractivity contribution >= 4 is 11.8 Å². The number of aliphatic hydroxyl groups excluding tert-OH is 1. The SMILES string of the molecule is O=C(O)[C@]1(Cc2ccc(F)cc2)CN(c2ccc(C(F)(F)F)cn2)CC[C@@H]1O. The van der Waals surface area contributed by atoms with Crippen molar-refractivity contribution in [3.63, 3.8) is 0 Å². The zero-order chi connectivity index (χ0) is 20.5. The lowest BCUT2D eigenvalue weighted by Gasteiger charge is -2.44. The smallest absolute Gasteiger partial charge is 0.417 e. The third kappa shape index (κ3) is 3.94. The van der Waals surface area contributed by atoms with E-state index in [2.05, 4.69) is 4.98 Å².